The molecule has 0 amide bonds. The Morgan fingerprint density at radius 3 is 2.63 bits per heavy atom. The van der Waals surface area contributed by atoms with Gasteiger partial charge in [-0.05, 0) is 24.6 Å². The summed E-state index contributed by atoms with van der Waals surface area (Å²) in [6.45, 7) is 5.07. The third kappa shape index (κ3) is 2.24. The van der Waals surface area contributed by atoms with Crippen LogP contribution in [0.1, 0.15) is 23.9 Å². The van der Waals surface area contributed by atoms with E-state index in [2.05, 4.69) is 52.6 Å². The molecular formula is C16H17N3. The average molecular weight is 251 g/mol. The maximum absolute atomic E-state index is 4.65. The lowest BCUT2D eigenvalue weighted by atomic mass is 10.1. The Morgan fingerprint density at radius 2 is 1.89 bits per heavy atom. The van der Waals surface area contributed by atoms with Crippen LogP contribution in [0, 0.1) is 6.92 Å². The summed E-state index contributed by atoms with van der Waals surface area (Å²) in [5.74, 6) is 1.09. The van der Waals surface area contributed by atoms with Crippen LogP contribution in [0.5, 0.6) is 0 Å². The average Bonchev–Trinajstić information content (AvgIpc) is 2.79. The predicted molar refractivity (Wildman–Crippen MR) is 77.2 cm³/mol. The van der Waals surface area contributed by atoms with Crippen molar-refractivity contribution in [1.82, 2.24) is 14.5 Å². The molecule has 3 rings (SSSR count). The molecule has 0 aliphatic rings. The quantitative estimate of drug-likeness (QED) is 0.714. The van der Waals surface area contributed by atoms with Crippen LogP contribution >= 0.6 is 0 Å². The largest absolute Gasteiger partial charge is 0.308 e. The van der Waals surface area contributed by atoms with Crippen molar-refractivity contribution >= 4 is 11.2 Å². The summed E-state index contributed by atoms with van der Waals surface area (Å²) in [6, 6.07) is 12.6. The number of imidazole rings is 1. The maximum Gasteiger partial charge on any atom is 0.160 e. The van der Waals surface area contributed by atoms with E-state index in [1.807, 2.05) is 18.3 Å². The van der Waals surface area contributed by atoms with Crippen LogP contribution in [-0.4, -0.2) is 14.5 Å². The molecule has 3 heteroatoms. The summed E-state index contributed by atoms with van der Waals surface area (Å²) in [5.41, 5.74) is 4.52. The minimum Gasteiger partial charge on any atom is -0.308 e. The van der Waals surface area contributed by atoms with E-state index in [-0.39, 0.29) is 0 Å². The van der Waals surface area contributed by atoms with E-state index in [9.17, 15) is 0 Å². The van der Waals surface area contributed by atoms with Crippen LogP contribution in [0.4, 0.5) is 0 Å². The molecule has 2 heterocycles. The van der Waals surface area contributed by atoms with Crippen LogP contribution in [0.15, 0.2) is 42.6 Å². The fourth-order valence-corrected chi connectivity index (χ4v) is 2.32. The van der Waals surface area contributed by atoms with Gasteiger partial charge in [0.05, 0.1) is 6.54 Å². The van der Waals surface area contributed by atoms with Crippen molar-refractivity contribution in [3.8, 4) is 0 Å². The van der Waals surface area contributed by atoms with E-state index in [0.717, 1.165) is 30.0 Å². The van der Waals surface area contributed by atoms with Gasteiger partial charge in [0.2, 0.25) is 0 Å². The Hall–Kier alpha value is -2.16. The monoisotopic (exact) mass is 251 g/mol. The Labute approximate surface area is 112 Å². The van der Waals surface area contributed by atoms with Gasteiger partial charge in [-0.1, -0.05) is 36.8 Å². The van der Waals surface area contributed by atoms with Gasteiger partial charge < -0.3 is 4.57 Å². The maximum atomic E-state index is 4.65. The molecule has 0 radical (unpaired) electrons. The molecule has 0 unspecified atom stereocenters. The molecule has 0 saturated carbocycles. The number of rotatable bonds is 3. The zero-order valence-corrected chi connectivity index (χ0v) is 11.3. The number of aryl methyl sites for hydroxylation is 2. The van der Waals surface area contributed by atoms with Crippen molar-refractivity contribution in [2.24, 2.45) is 0 Å². The molecule has 1 aromatic carbocycles. The first kappa shape index (κ1) is 11.9. The first-order chi connectivity index (χ1) is 9.28. The number of hydrogen-bond acceptors (Lipinski definition) is 2. The van der Waals surface area contributed by atoms with Crippen LogP contribution in [0.25, 0.3) is 11.2 Å². The Balaban J connectivity index is 2.06. The fourth-order valence-electron chi connectivity index (χ4n) is 2.32. The van der Waals surface area contributed by atoms with Crippen LogP contribution < -0.4 is 0 Å². The highest BCUT2D eigenvalue weighted by Crippen LogP contribution is 2.16. The second kappa shape index (κ2) is 4.84. The molecule has 96 valence electrons. The number of benzene rings is 1. The van der Waals surface area contributed by atoms with E-state index in [1.165, 1.54) is 11.1 Å². The van der Waals surface area contributed by atoms with Gasteiger partial charge >= 0.3 is 0 Å². The fraction of sp³-hybridized carbons (Fsp3) is 0.250. The zero-order valence-electron chi connectivity index (χ0n) is 11.3. The van der Waals surface area contributed by atoms with Gasteiger partial charge in [0.25, 0.3) is 0 Å². The van der Waals surface area contributed by atoms with E-state index in [0.29, 0.717) is 0 Å². The molecule has 0 N–H and O–H groups in total. The highest BCUT2D eigenvalue weighted by Gasteiger charge is 2.10. The molecule has 0 aliphatic heterocycles. The lowest BCUT2D eigenvalue weighted by Gasteiger charge is -2.07. The highest BCUT2D eigenvalue weighted by atomic mass is 15.1. The van der Waals surface area contributed by atoms with E-state index < -0.39 is 0 Å². The molecular weight excluding hydrogens is 234 g/mol. The topological polar surface area (TPSA) is 30.7 Å². The van der Waals surface area contributed by atoms with E-state index in [1.54, 1.807) is 0 Å². The van der Waals surface area contributed by atoms with Gasteiger partial charge in [-0.3, -0.25) is 0 Å². The van der Waals surface area contributed by atoms with E-state index in [4.69, 9.17) is 0 Å². The Morgan fingerprint density at radius 1 is 1.11 bits per heavy atom. The number of pyridine rings is 1. The predicted octanol–water partition coefficient (Wildman–Crippen LogP) is 3.35. The van der Waals surface area contributed by atoms with Gasteiger partial charge in [-0.25, -0.2) is 9.97 Å². The molecule has 0 bridgehead atoms. The third-order valence-corrected chi connectivity index (χ3v) is 3.36. The third-order valence-electron chi connectivity index (χ3n) is 3.36. The zero-order chi connectivity index (χ0) is 13.2. The van der Waals surface area contributed by atoms with E-state index >= 15 is 0 Å². The van der Waals surface area contributed by atoms with Gasteiger partial charge in [-0.2, -0.15) is 0 Å². The minimum atomic E-state index is 0.830. The summed E-state index contributed by atoms with van der Waals surface area (Å²) in [5, 5.41) is 0. The normalized spacial score (nSPS) is 11.1. The van der Waals surface area contributed by atoms with Gasteiger partial charge in [0, 0.05) is 12.6 Å². The van der Waals surface area contributed by atoms with Crippen molar-refractivity contribution in [1.29, 1.82) is 0 Å². The minimum absolute atomic E-state index is 0.830. The summed E-state index contributed by atoms with van der Waals surface area (Å²) in [7, 11) is 0. The summed E-state index contributed by atoms with van der Waals surface area (Å²) in [4.78, 5) is 9.11. The second-order valence-corrected chi connectivity index (χ2v) is 4.80. The molecule has 19 heavy (non-hydrogen) atoms. The Bertz CT molecular complexity index is 696. The summed E-state index contributed by atoms with van der Waals surface area (Å²) in [6.07, 6.45) is 2.75. The highest BCUT2D eigenvalue weighted by molar-refractivity contribution is 5.71. The molecule has 0 aliphatic carbocycles. The molecule has 3 aromatic rings. The van der Waals surface area contributed by atoms with Crippen molar-refractivity contribution < 1.29 is 0 Å². The van der Waals surface area contributed by atoms with Crippen molar-refractivity contribution in [3.05, 3.63) is 59.5 Å². The molecule has 0 saturated heterocycles. The number of fused-ring (bicyclic) bond motifs is 1. The summed E-state index contributed by atoms with van der Waals surface area (Å²) >= 11 is 0. The number of aromatic nitrogens is 3. The van der Waals surface area contributed by atoms with Crippen molar-refractivity contribution in [3.63, 3.8) is 0 Å². The van der Waals surface area contributed by atoms with Crippen molar-refractivity contribution in [2.45, 2.75) is 26.8 Å². The first-order valence-electron chi connectivity index (χ1n) is 6.63. The molecule has 0 atom stereocenters. The number of nitrogens with zero attached hydrogens (tertiary/aromatic N) is 3. The summed E-state index contributed by atoms with van der Waals surface area (Å²) < 4.78 is 2.21. The lowest BCUT2D eigenvalue weighted by molar-refractivity contribution is 0.746. The second-order valence-electron chi connectivity index (χ2n) is 4.80. The first-order valence-corrected chi connectivity index (χ1v) is 6.63. The number of hydrogen-bond donors (Lipinski definition) is 0. The molecule has 2 aromatic heterocycles. The molecule has 0 spiro atoms. The standard InChI is InChI=1S/C16H17N3/c1-3-15-18-14-5-4-10-17-16(14)19(15)11-13-8-6-12(2)7-9-13/h4-10H,3,11H2,1-2H3. The van der Waals surface area contributed by atoms with Gasteiger partial charge in [0.15, 0.2) is 5.65 Å². The van der Waals surface area contributed by atoms with Gasteiger partial charge in [-0.15, -0.1) is 0 Å². The van der Waals surface area contributed by atoms with Crippen molar-refractivity contribution in [2.75, 3.05) is 0 Å². The molecule has 3 nitrogen and oxygen atoms in total. The van der Waals surface area contributed by atoms with Crippen LogP contribution in [-0.2, 0) is 13.0 Å². The molecule has 0 fully saturated rings. The van der Waals surface area contributed by atoms with Gasteiger partial charge in [0.1, 0.15) is 11.3 Å². The lowest BCUT2D eigenvalue weighted by Crippen LogP contribution is -2.05. The smallest absolute Gasteiger partial charge is 0.160 e. The van der Waals surface area contributed by atoms with Crippen LogP contribution in [0.3, 0.4) is 0 Å². The SMILES string of the molecule is CCc1nc2cccnc2n1Cc1ccc(C)cc1. The Kier molecular flexibility index (Phi) is 3.03. The van der Waals surface area contributed by atoms with Crippen LogP contribution in [0.2, 0.25) is 0 Å².